The van der Waals surface area contributed by atoms with Crippen LogP contribution in [-0.4, -0.2) is 35.6 Å². The summed E-state index contributed by atoms with van der Waals surface area (Å²) in [4.78, 5) is 6.63. The Morgan fingerprint density at radius 1 is 1.56 bits per heavy atom. The molecule has 2 saturated heterocycles. The third-order valence-corrected chi connectivity index (χ3v) is 4.43. The average Bonchev–Trinajstić information content (AvgIpc) is 2.95. The molecule has 18 heavy (non-hydrogen) atoms. The quantitative estimate of drug-likeness (QED) is 0.840. The van der Waals surface area contributed by atoms with E-state index in [0.717, 1.165) is 43.6 Å². The highest BCUT2D eigenvalue weighted by Crippen LogP contribution is 2.33. The molecule has 2 aliphatic heterocycles. The van der Waals surface area contributed by atoms with E-state index in [1.165, 1.54) is 0 Å². The van der Waals surface area contributed by atoms with Crippen LogP contribution in [0.4, 0.5) is 0 Å². The number of nitriles is 1. The summed E-state index contributed by atoms with van der Waals surface area (Å²) >= 11 is 0. The number of nitrogens with one attached hydrogen (secondary N) is 1. The van der Waals surface area contributed by atoms with Crippen LogP contribution in [0.25, 0.3) is 0 Å². The van der Waals surface area contributed by atoms with E-state index in [0.29, 0.717) is 11.7 Å². The van der Waals surface area contributed by atoms with E-state index < -0.39 is 0 Å². The van der Waals surface area contributed by atoms with Crippen molar-refractivity contribution in [2.45, 2.75) is 19.5 Å². The van der Waals surface area contributed by atoms with Crippen molar-refractivity contribution < 1.29 is 0 Å². The van der Waals surface area contributed by atoms with Crippen LogP contribution in [0.3, 0.4) is 0 Å². The molecule has 0 aliphatic carbocycles. The summed E-state index contributed by atoms with van der Waals surface area (Å²) in [7, 11) is 0. The molecule has 3 rings (SSSR count). The first kappa shape index (κ1) is 11.6. The molecule has 0 bridgehead atoms. The lowest BCUT2D eigenvalue weighted by Crippen LogP contribution is -2.33. The topological polar surface area (TPSA) is 52.0 Å². The third kappa shape index (κ3) is 1.90. The van der Waals surface area contributed by atoms with Crippen molar-refractivity contribution in [3.63, 3.8) is 0 Å². The smallest absolute Gasteiger partial charge is 0.144 e. The fourth-order valence-corrected chi connectivity index (χ4v) is 3.35. The second-order valence-electron chi connectivity index (χ2n) is 5.38. The number of likely N-dealkylation sites (tertiary alicyclic amines) is 1. The number of fused-ring (bicyclic) bond motifs is 1. The molecular formula is C14H18N4. The fraction of sp³-hybridized carbons (Fsp3) is 0.571. The van der Waals surface area contributed by atoms with Gasteiger partial charge >= 0.3 is 0 Å². The van der Waals surface area contributed by atoms with E-state index in [9.17, 15) is 0 Å². The monoisotopic (exact) mass is 242 g/mol. The van der Waals surface area contributed by atoms with Crippen LogP contribution < -0.4 is 5.32 Å². The van der Waals surface area contributed by atoms with Crippen molar-refractivity contribution in [1.82, 2.24) is 15.2 Å². The first-order chi connectivity index (χ1) is 8.79. The Hall–Kier alpha value is -1.44. The SMILES string of the molecule is CC1C2CNCC2CN1Cc1cccnc1C#N. The molecule has 4 heteroatoms. The highest BCUT2D eigenvalue weighted by atomic mass is 15.2. The molecule has 2 aliphatic rings. The lowest BCUT2D eigenvalue weighted by molar-refractivity contribution is 0.231. The fourth-order valence-electron chi connectivity index (χ4n) is 3.35. The highest BCUT2D eigenvalue weighted by molar-refractivity contribution is 5.30. The maximum atomic E-state index is 9.08. The summed E-state index contributed by atoms with van der Waals surface area (Å²) in [5, 5.41) is 12.5. The van der Waals surface area contributed by atoms with Crippen molar-refractivity contribution in [2.75, 3.05) is 19.6 Å². The molecule has 94 valence electrons. The average molecular weight is 242 g/mol. The maximum Gasteiger partial charge on any atom is 0.144 e. The van der Waals surface area contributed by atoms with E-state index in [1.807, 2.05) is 12.1 Å². The van der Waals surface area contributed by atoms with E-state index in [-0.39, 0.29) is 0 Å². The molecule has 1 N–H and O–H groups in total. The maximum absolute atomic E-state index is 9.08. The van der Waals surface area contributed by atoms with Gasteiger partial charge in [0.15, 0.2) is 0 Å². The van der Waals surface area contributed by atoms with Gasteiger partial charge in [-0.3, -0.25) is 4.90 Å². The van der Waals surface area contributed by atoms with Crippen molar-refractivity contribution in [1.29, 1.82) is 5.26 Å². The van der Waals surface area contributed by atoms with Crippen LogP contribution in [-0.2, 0) is 6.54 Å². The summed E-state index contributed by atoms with van der Waals surface area (Å²) in [5.74, 6) is 1.55. The second kappa shape index (κ2) is 4.68. The lowest BCUT2D eigenvalue weighted by atomic mass is 9.95. The van der Waals surface area contributed by atoms with Gasteiger partial charge in [0.25, 0.3) is 0 Å². The van der Waals surface area contributed by atoms with Gasteiger partial charge in [-0.2, -0.15) is 5.26 Å². The normalized spacial score (nSPS) is 31.2. The Kier molecular flexibility index (Phi) is 3.02. The molecule has 3 unspecified atom stereocenters. The Morgan fingerprint density at radius 3 is 3.22 bits per heavy atom. The molecular weight excluding hydrogens is 224 g/mol. The van der Waals surface area contributed by atoms with Gasteiger partial charge in [-0.25, -0.2) is 4.98 Å². The molecule has 3 heterocycles. The minimum Gasteiger partial charge on any atom is -0.316 e. The largest absolute Gasteiger partial charge is 0.316 e. The van der Waals surface area contributed by atoms with Gasteiger partial charge in [-0.05, 0) is 37.9 Å². The predicted molar refractivity (Wildman–Crippen MR) is 68.7 cm³/mol. The predicted octanol–water partition coefficient (Wildman–Crippen LogP) is 0.993. The van der Waals surface area contributed by atoms with Gasteiger partial charge in [0, 0.05) is 30.9 Å². The summed E-state index contributed by atoms with van der Waals surface area (Å²) < 4.78 is 0. The van der Waals surface area contributed by atoms with Gasteiger partial charge in [-0.1, -0.05) is 6.07 Å². The van der Waals surface area contributed by atoms with Crippen molar-refractivity contribution >= 4 is 0 Å². The summed E-state index contributed by atoms with van der Waals surface area (Å²) in [5.41, 5.74) is 1.62. The number of hydrogen-bond donors (Lipinski definition) is 1. The Morgan fingerprint density at radius 2 is 2.44 bits per heavy atom. The highest BCUT2D eigenvalue weighted by Gasteiger charge is 2.41. The molecule has 4 nitrogen and oxygen atoms in total. The summed E-state index contributed by atoms with van der Waals surface area (Å²) in [6.45, 7) is 6.58. The minimum absolute atomic E-state index is 0.569. The number of pyridine rings is 1. The Bertz CT molecular complexity index is 479. The zero-order valence-electron chi connectivity index (χ0n) is 10.6. The third-order valence-electron chi connectivity index (χ3n) is 4.43. The minimum atomic E-state index is 0.569. The Balaban J connectivity index is 1.76. The standard InChI is InChI=1S/C14H18N4/c1-10-13-7-16-6-12(13)9-18(10)8-11-3-2-4-17-14(11)5-15/h2-4,10,12-13,16H,6-9H2,1H3. The molecule has 0 radical (unpaired) electrons. The molecule has 1 aromatic rings. The summed E-state index contributed by atoms with van der Waals surface area (Å²) in [6.07, 6.45) is 1.69. The molecule has 0 saturated carbocycles. The van der Waals surface area contributed by atoms with Crippen molar-refractivity contribution in [2.24, 2.45) is 11.8 Å². The zero-order valence-corrected chi connectivity index (χ0v) is 10.6. The lowest BCUT2D eigenvalue weighted by Gasteiger charge is -2.24. The number of hydrogen-bond acceptors (Lipinski definition) is 4. The molecule has 0 amide bonds. The number of nitrogens with zero attached hydrogens (tertiary/aromatic N) is 3. The van der Waals surface area contributed by atoms with Crippen LogP contribution in [0.1, 0.15) is 18.2 Å². The van der Waals surface area contributed by atoms with Crippen LogP contribution in [0, 0.1) is 23.2 Å². The van der Waals surface area contributed by atoms with Crippen LogP contribution >= 0.6 is 0 Å². The van der Waals surface area contributed by atoms with Gasteiger partial charge in [0.05, 0.1) is 0 Å². The molecule has 0 aromatic carbocycles. The van der Waals surface area contributed by atoms with Gasteiger partial charge in [0.1, 0.15) is 11.8 Å². The first-order valence-corrected chi connectivity index (χ1v) is 6.58. The van der Waals surface area contributed by atoms with E-state index in [4.69, 9.17) is 5.26 Å². The van der Waals surface area contributed by atoms with E-state index >= 15 is 0 Å². The van der Waals surface area contributed by atoms with Gasteiger partial charge in [-0.15, -0.1) is 0 Å². The molecule has 2 fully saturated rings. The van der Waals surface area contributed by atoms with E-state index in [2.05, 4.69) is 28.2 Å². The van der Waals surface area contributed by atoms with Crippen molar-refractivity contribution in [3.8, 4) is 6.07 Å². The van der Waals surface area contributed by atoms with E-state index in [1.54, 1.807) is 6.20 Å². The molecule has 0 spiro atoms. The Labute approximate surface area is 108 Å². The first-order valence-electron chi connectivity index (χ1n) is 6.58. The van der Waals surface area contributed by atoms with Crippen LogP contribution in [0.15, 0.2) is 18.3 Å². The summed E-state index contributed by atoms with van der Waals surface area (Å²) in [6, 6.07) is 6.71. The van der Waals surface area contributed by atoms with Crippen molar-refractivity contribution in [3.05, 3.63) is 29.6 Å². The van der Waals surface area contributed by atoms with Gasteiger partial charge < -0.3 is 5.32 Å². The number of rotatable bonds is 2. The second-order valence-corrected chi connectivity index (χ2v) is 5.38. The number of aromatic nitrogens is 1. The molecule has 1 aromatic heterocycles. The zero-order chi connectivity index (χ0) is 12.5. The van der Waals surface area contributed by atoms with Gasteiger partial charge in [0.2, 0.25) is 0 Å². The molecule has 3 atom stereocenters. The van der Waals surface area contributed by atoms with Crippen LogP contribution in [0.2, 0.25) is 0 Å². The van der Waals surface area contributed by atoms with Crippen LogP contribution in [0.5, 0.6) is 0 Å².